The molecule has 3 rings (SSSR count). The predicted molar refractivity (Wildman–Crippen MR) is 90.4 cm³/mol. The van der Waals surface area contributed by atoms with Crippen molar-refractivity contribution in [2.45, 2.75) is 13.3 Å². The van der Waals surface area contributed by atoms with Gasteiger partial charge in [-0.2, -0.15) is 0 Å². The lowest BCUT2D eigenvalue weighted by atomic mass is 10.1. The molecule has 1 amide bonds. The Morgan fingerprint density at radius 2 is 1.62 bits per heavy atom. The minimum atomic E-state index is -0.391. The lowest BCUT2D eigenvalue weighted by molar-refractivity contribution is 0.102. The van der Waals surface area contributed by atoms with E-state index in [1.165, 1.54) is 47.7 Å². The van der Waals surface area contributed by atoms with Gasteiger partial charge >= 0.3 is 0 Å². The van der Waals surface area contributed by atoms with Gasteiger partial charge in [-0.25, -0.2) is 13.8 Å². The minimum Gasteiger partial charge on any atom is -0.298 e. The summed E-state index contributed by atoms with van der Waals surface area (Å²) in [7, 11) is 0. The third-order valence-corrected chi connectivity index (χ3v) is 4.57. The van der Waals surface area contributed by atoms with Gasteiger partial charge in [-0.3, -0.25) is 10.1 Å². The number of carbonyl (C=O) groups excluding carboxylic acids is 1. The molecule has 0 aliphatic carbocycles. The zero-order valence-electron chi connectivity index (χ0n) is 12.8. The van der Waals surface area contributed by atoms with Gasteiger partial charge < -0.3 is 0 Å². The Bertz CT molecular complexity index is 858. The van der Waals surface area contributed by atoms with Gasteiger partial charge in [-0.05, 0) is 48.9 Å². The highest BCUT2D eigenvalue weighted by Gasteiger charge is 2.12. The predicted octanol–water partition coefficient (Wildman–Crippen LogP) is 4.57. The number of nitrogens with one attached hydrogen (secondary N) is 1. The van der Waals surface area contributed by atoms with E-state index in [1.807, 2.05) is 6.92 Å². The molecule has 1 aromatic heterocycles. The van der Waals surface area contributed by atoms with E-state index >= 15 is 0 Å². The van der Waals surface area contributed by atoms with E-state index in [0.29, 0.717) is 17.1 Å². The number of benzene rings is 2. The van der Waals surface area contributed by atoms with Crippen molar-refractivity contribution in [3.8, 4) is 0 Å². The molecule has 1 N–H and O–H groups in total. The highest BCUT2D eigenvalue weighted by atomic mass is 32.1. The third-order valence-electron chi connectivity index (χ3n) is 3.50. The van der Waals surface area contributed by atoms with Crippen LogP contribution in [0.15, 0.2) is 48.5 Å². The number of anilines is 1. The van der Waals surface area contributed by atoms with E-state index in [4.69, 9.17) is 0 Å². The first-order valence-electron chi connectivity index (χ1n) is 7.29. The molecular weight excluding hydrogens is 330 g/mol. The van der Waals surface area contributed by atoms with Gasteiger partial charge in [-0.1, -0.05) is 12.1 Å². The van der Waals surface area contributed by atoms with Crippen LogP contribution in [-0.4, -0.2) is 10.9 Å². The summed E-state index contributed by atoms with van der Waals surface area (Å²) in [6.07, 6.45) is 0.621. The van der Waals surface area contributed by atoms with Crippen LogP contribution in [0, 0.1) is 18.6 Å². The van der Waals surface area contributed by atoms with Gasteiger partial charge in [0, 0.05) is 16.9 Å². The van der Waals surface area contributed by atoms with Crippen molar-refractivity contribution in [3.05, 3.63) is 81.9 Å². The van der Waals surface area contributed by atoms with E-state index < -0.39 is 5.82 Å². The molecule has 1 heterocycles. The molecule has 2 aromatic carbocycles. The standard InChI is InChI=1S/C18H14F2N2OS/c1-11-16(10-12-2-6-14(19)7-3-12)24-18(21-11)22-17(23)13-4-8-15(20)9-5-13/h2-9H,10H2,1H3,(H,21,22,23). The second-order valence-corrected chi connectivity index (χ2v) is 6.38. The molecule has 0 unspecified atom stereocenters. The van der Waals surface area contributed by atoms with Crippen LogP contribution >= 0.6 is 11.3 Å². The second kappa shape index (κ2) is 6.88. The SMILES string of the molecule is Cc1nc(NC(=O)c2ccc(F)cc2)sc1Cc1ccc(F)cc1. The van der Waals surface area contributed by atoms with Crippen LogP contribution in [0.25, 0.3) is 0 Å². The second-order valence-electron chi connectivity index (χ2n) is 5.29. The third kappa shape index (κ3) is 3.83. The zero-order chi connectivity index (χ0) is 17.1. The first-order chi connectivity index (χ1) is 11.5. The zero-order valence-corrected chi connectivity index (χ0v) is 13.7. The largest absolute Gasteiger partial charge is 0.298 e. The number of nitrogens with zero attached hydrogens (tertiary/aromatic N) is 1. The molecule has 0 fully saturated rings. The number of rotatable bonds is 4. The molecular formula is C18H14F2N2OS. The molecule has 24 heavy (non-hydrogen) atoms. The Kier molecular flexibility index (Phi) is 4.66. The molecule has 3 nitrogen and oxygen atoms in total. The van der Waals surface area contributed by atoms with Crippen molar-refractivity contribution >= 4 is 22.4 Å². The van der Waals surface area contributed by atoms with Crippen LogP contribution in [0.1, 0.15) is 26.5 Å². The number of halogens is 2. The average molecular weight is 344 g/mol. The van der Waals surface area contributed by atoms with E-state index in [1.54, 1.807) is 12.1 Å². The van der Waals surface area contributed by atoms with E-state index in [2.05, 4.69) is 10.3 Å². The maximum atomic E-state index is 13.0. The maximum absolute atomic E-state index is 13.0. The summed E-state index contributed by atoms with van der Waals surface area (Å²) in [5.74, 6) is -0.998. The van der Waals surface area contributed by atoms with Crippen molar-refractivity contribution < 1.29 is 13.6 Å². The lowest BCUT2D eigenvalue weighted by Gasteiger charge is -2.01. The van der Waals surface area contributed by atoms with Crippen LogP contribution in [0.3, 0.4) is 0 Å². The summed E-state index contributed by atoms with van der Waals surface area (Å²) in [4.78, 5) is 17.5. The summed E-state index contributed by atoms with van der Waals surface area (Å²) in [6.45, 7) is 1.86. The molecule has 0 aliphatic heterocycles. The molecule has 0 atom stereocenters. The lowest BCUT2D eigenvalue weighted by Crippen LogP contribution is -2.11. The van der Waals surface area contributed by atoms with Crippen molar-refractivity contribution in [3.63, 3.8) is 0 Å². The Morgan fingerprint density at radius 3 is 2.25 bits per heavy atom. The molecule has 3 aromatic rings. The van der Waals surface area contributed by atoms with Crippen molar-refractivity contribution in [1.29, 1.82) is 0 Å². The number of aryl methyl sites for hydroxylation is 1. The van der Waals surface area contributed by atoms with Gasteiger partial charge in [0.15, 0.2) is 5.13 Å². The first-order valence-corrected chi connectivity index (χ1v) is 8.10. The average Bonchev–Trinajstić information content (AvgIpc) is 2.89. The smallest absolute Gasteiger partial charge is 0.257 e. The Balaban J connectivity index is 1.72. The van der Waals surface area contributed by atoms with Gasteiger partial charge in [0.05, 0.1) is 5.69 Å². The molecule has 0 aliphatic rings. The van der Waals surface area contributed by atoms with Crippen molar-refractivity contribution in [1.82, 2.24) is 4.98 Å². The number of amides is 1. The number of thiazole rings is 1. The maximum Gasteiger partial charge on any atom is 0.257 e. The summed E-state index contributed by atoms with van der Waals surface area (Å²) in [5, 5.41) is 3.20. The Labute approximate surface area is 142 Å². The molecule has 0 spiro atoms. The van der Waals surface area contributed by atoms with Crippen molar-refractivity contribution in [2.24, 2.45) is 0 Å². The molecule has 0 bridgehead atoms. The number of hydrogen-bond donors (Lipinski definition) is 1. The molecule has 122 valence electrons. The van der Waals surface area contributed by atoms with Crippen molar-refractivity contribution in [2.75, 3.05) is 5.32 Å². The Morgan fingerprint density at radius 1 is 1.04 bits per heavy atom. The molecule has 6 heteroatoms. The van der Waals surface area contributed by atoms with E-state index in [-0.39, 0.29) is 11.7 Å². The topological polar surface area (TPSA) is 42.0 Å². The van der Waals surface area contributed by atoms with E-state index in [0.717, 1.165) is 16.1 Å². The van der Waals surface area contributed by atoms with Crippen LogP contribution in [0.5, 0.6) is 0 Å². The Hall–Kier alpha value is -2.60. The van der Waals surface area contributed by atoms with Crippen LogP contribution in [-0.2, 0) is 6.42 Å². The fourth-order valence-corrected chi connectivity index (χ4v) is 3.20. The molecule has 0 saturated carbocycles. The minimum absolute atomic E-state index is 0.271. The summed E-state index contributed by atoms with van der Waals surface area (Å²) >= 11 is 1.37. The summed E-state index contributed by atoms with van der Waals surface area (Å²) in [6, 6.07) is 11.6. The van der Waals surface area contributed by atoms with Gasteiger partial charge in [0.1, 0.15) is 11.6 Å². The summed E-state index contributed by atoms with van der Waals surface area (Å²) in [5.41, 5.74) is 2.16. The highest BCUT2D eigenvalue weighted by Crippen LogP contribution is 2.25. The fraction of sp³-hybridized carbons (Fsp3) is 0.111. The van der Waals surface area contributed by atoms with Gasteiger partial charge in [-0.15, -0.1) is 11.3 Å². The number of carbonyl (C=O) groups is 1. The fourth-order valence-electron chi connectivity index (χ4n) is 2.20. The van der Waals surface area contributed by atoms with E-state index in [9.17, 15) is 13.6 Å². The van der Waals surface area contributed by atoms with Crippen LogP contribution < -0.4 is 5.32 Å². The first kappa shape index (κ1) is 16.3. The van der Waals surface area contributed by atoms with Crippen LogP contribution in [0.4, 0.5) is 13.9 Å². The number of aromatic nitrogens is 1. The number of hydrogen-bond acceptors (Lipinski definition) is 3. The highest BCUT2D eigenvalue weighted by molar-refractivity contribution is 7.15. The normalized spacial score (nSPS) is 10.6. The summed E-state index contributed by atoms with van der Waals surface area (Å²) < 4.78 is 25.9. The monoisotopic (exact) mass is 344 g/mol. The van der Waals surface area contributed by atoms with Gasteiger partial charge in [0.2, 0.25) is 0 Å². The van der Waals surface area contributed by atoms with Gasteiger partial charge in [0.25, 0.3) is 5.91 Å². The molecule has 0 radical (unpaired) electrons. The van der Waals surface area contributed by atoms with Crippen LogP contribution in [0.2, 0.25) is 0 Å². The molecule has 0 saturated heterocycles. The quantitative estimate of drug-likeness (QED) is 0.753.